The number of carbonyl (C=O) groups is 1. The van der Waals surface area contributed by atoms with Gasteiger partial charge < -0.3 is 13.9 Å². The number of ether oxygens (including phenoxy) is 2. The molecule has 1 aliphatic heterocycles. The maximum absolute atomic E-state index is 12.8. The number of aromatic nitrogens is 2. The molecule has 1 unspecified atom stereocenters. The van der Waals surface area contributed by atoms with E-state index in [-0.39, 0.29) is 12.3 Å². The molecule has 0 N–H and O–H groups in total. The van der Waals surface area contributed by atoms with E-state index in [0.717, 1.165) is 16.6 Å². The third-order valence-corrected chi connectivity index (χ3v) is 5.78. The molecule has 5 rings (SSSR count). The van der Waals surface area contributed by atoms with Gasteiger partial charge in [0.25, 0.3) is 0 Å². The zero-order valence-corrected chi connectivity index (χ0v) is 17.4. The van der Waals surface area contributed by atoms with E-state index < -0.39 is 11.5 Å². The van der Waals surface area contributed by atoms with Gasteiger partial charge in [0.05, 0.1) is 19.4 Å². The Hall–Kier alpha value is -3.46. The molecule has 4 aromatic rings. The number of furan rings is 1. The number of rotatable bonds is 5. The second-order valence-corrected chi connectivity index (χ2v) is 7.75. The summed E-state index contributed by atoms with van der Waals surface area (Å²) in [5, 5.41) is 17.6. The molecule has 1 aromatic carbocycles. The van der Waals surface area contributed by atoms with Crippen LogP contribution in [0, 0.1) is 0 Å². The van der Waals surface area contributed by atoms with Crippen LogP contribution in [0.15, 0.2) is 55.9 Å². The van der Waals surface area contributed by atoms with Gasteiger partial charge in [0.15, 0.2) is 11.3 Å². The largest absolute Gasteiger partial charge is 0.496 e. The lowest BCUT2D eigenvalue weighted by atomic mass is 9.91. The summed E-state index contributed by atoms with van der Waals surface area (Å²) in [4.78, 5) is 12.8. The molecule has 0 saturated heterocycles. The Morgan fingerprint density at radius 1 is 1.37 bits per heavy atom. The lowest BCUT2D eigenvalue weighted by molar-refractivity contribution is 0.0517. The summed E-state index contributed by atoms with van der Waals surface area (Å²) in [7, 11) is 1.60. The molecule has 0 spiro atoms. The van der Waals surface area contributed by atoms with Crippen molar-refractivity contribution >= 4 is 39.4 Å². The molecule has 4 heterocycles. The van der Waals surface area contributed by atoms with Crippen LogP contribution < -0.4 is 4.74 Å². The summed E-state index contributed by atoms with van der Waals surface area (Å²) in [5.41, 5.74) is 2.74. The number of methoxy groups -OCH3 is 1. The first-order valence-electron chi connectivity index (χ1n) is 9.39. The summed E-state index contributed by atoms with van der Waals surface area (Å²) in [5.74, 6) is 0.132. The average Bonchev–Trinajstić information content (AvgIpc) is 3.50. The first-order chi connectivity index (χ1) is 14.6. The number of esters is 1. The van der Waals surface area contributed by atoms with E-state index in [0.29, 0.717) is 22.4 Å². The van der Waals surface area contributed by atoms with E-state index in [2.05, 4.69) is 10.2 Å². The highest BCUT2D eigenvalue weighted by Gasteiger charge is 2.32. The number of nitrogens with zero attached hydrogens (tertiary/aromatic N) is 4. The normalized spacial score (nSPS) is 18.0. The number of azo groups is 1. The molecule has 30 heavy (non-hydrogen) atoms. The predicted octanol–water partition coefficient (Wildman–Crippen LogP) is 5.21. The number of benzene rings is 1. The Kier molecular flexibility index (Phi) is 4.21. The molecule has 0 aliphatic carbocycles. The van der Waals surface area contributed by atoms with E-state index in [1.54, 1.807) is 31.0 Å². The third kappa shape index (κ3) is 2.66. The van der Waals surface area contributed by atoms with Crippen molar-refractivity contribution in [1.82, 2.24) is 9.78 Å². The van der Waals surface area contributed by atoms with Crippen molar-refractivity contribution in [3.8, 4) is 11.4 Å². The van der Waals surface area contributed by atoms with Crippen molar-refractivity contribution in [2.75, 3.05) is 13.7 Å². The molecule has 0 radical (unpaired) electrons. The van der Waals surface area contributed by atoms with Crippen molar-refractivity contribution in [2.24, 2.45) is 10.2 Å². The summed E-state index contributed by atoms with van der Waals surface area (Å²) < 4.78 is 18.5. The Balaban J connectivity index is 1.81. The maximum atomic E-state index is 12.8. The minimum atomic E-state index is -0.650. The van der Waals surface area contributed by atoms with Crippen LogP contribution in [0.3, 0.4) is 0 Å². The second-order valence-electron chi connectivity index (χ2n) is 6.97. The summed E-state index contributed by atoms with van der Waals surface area (Å²) in [6, 6.07) is 5.62. The lowest BCUT2D eigenvalue weighted by Crippen LogP contribution is -2.14. The number of hydrogen-bond acceptors (Lipinski definition) is 8. The van der Waals surface area contributed by atoms with Gasteiger partial charge in [-0.25, -0.2) is 9.48 Å². The van der Waals surface area contributed by atoms with E-state index in [1.165, 1.54) is 11.3 Å². The molecule has 1 aliphatic rings. The Morgan fingerprint density at radius 2 is 2.23 bits per heavy atom. The number of carbonyl (C=O) groups excluding carboxylic acids is 1. The Bertz CT molecular complexity index is 1320. The van der Waals surface area contributed by atoms with Crippen molar-refractivity contribution in [1.29, 1.82) is 0 Å². The van der Waals surface area contributed by atoms with Gasteiger partial charge in [0, 0.05) is 28.6 Å². The van der Waals surface area contributed by atoms with Crippen molar-refractivity contribution in [2.45, 2.75) is 19.4 Å². The number of hydrogen-bond donors (Lipinski definition) is 0. The maximum Gasteiger partial charge on any atom is 0.361 e. The van der Waals surface area contributed by atoms with Crippen LogP contribution in [-0.4, -0.2) is 29.5 Å². The van der Waals surface area contributed by atoms with Gasteiger partial charge in [-0.2, -0.15) is 26.7 Å². The van der Waals surface area contributed by atoms with E-state index in [4.69, 9.17) is 19.0 Å². The van der Waals surface area contributed by atoms with Crippen LogP contribution in [-0.2, 0) is 10.3 Å². The smallest absolute Gasteiger partial charge is 0.361 e. The molecular weight excluding hydrogens is 404 g/mol. The molecule has 1 atom stereocenters. The van der Waals surface area contributed by atoms with Crippen LogP contribution in [0.4, 0.5) is 0 Å². The highest BCUT2D eigenvalue weighted by Crippen LogP contribution is 2.42. The molecule has 152 valence electrons. The molecule has 0 fully saturated rings. The standard InChI is InChI=1S/C21H18N4O4S/c1-4-28-20(26)18-19-17(23-25(18)12-5-8-30-11-12)13-9-14(21(2)6-7-22-24-21)16(27-3)10-15(13)29-19/h5-11H,4H2,1-3H3. The molecule has 0 amide bonds. The molecule has 9 heteroatoms. The number of fused-ring (bicyclic) bond motifs is 3. The monoisotopic (exact) mass is 422 g/mol. The average molecular weight is 422 g/mol. The van der Waals surface area contributed by atoms with Crippen LogP contribution in [0.1, 0.15) is 29.9 Å². The molecular formula is C21H18N4O4S. The van der Waals surface area contributed by atoms with Gasteiger partial charge in [0.1, 0.15) is 22.4 Å². The van der Waals surface area contributed by atoms with E-state index in [1.807, 2.05) is 35.9 Å². The van der Waals surface area contributed by atoms with Crippen molar-refractivity contribution in [3.05, 3.63) is 52.5 Å². The lowest BCUT2D eigenvalue weighted by Gasteiger charge is -2.20. The van der Waals surface area contributed by atoms with Gasteiger partial charge in [-0.15, -0.1) is 0 Å². The Morgan fingerprint density at radius 3 is 2.90 bits per heavy atom. The molecule has 8 nitrogen and oxygen atoms in total. The fraction of sp³-hybridized carbons (Fsp3) is 0.238. The number of thiophene rings is 1. The van der Waals surface area contributed by atoms with Crippen LogP contribution in [0.5, 0.6) is 5.75 Å². The fourth-order valence-electron chi connectivity index (χ4n) is 3.63. The van der Waals surface area contributed by atoms with Crippen LogP contribution in [0.2, 0.25) is 0 Å². The first-order valence-corrected chi connectivity index (χ1v) is 10.3. The minimum Gasteiger partial charge on any atom is -0.496 e. The summed E-state index contributed by atoms with van der Waals surface area (Å²) in [6.07, 6.45) is 3.57. The SMILES string of the molecule is CCOC(=O)c1c2oc3cc(OC)c(C4(C)C=CN=N4)cc3c2nn1-c1ccsc1. The van der Waals surface area contributed by atoms with Gasteiger partial charge in [0.2, 0.25) is 0 Å². The van der Waals surface area contributed by atoms with Crippen molar-refractivity contribution < 1.29 is 18.7 Å². The van der Waals surface area contributed by atoms with Gasteiger partial charge in [-0.3, -0.25) is 0 Å². The van der Waals surface area contributed by atoms with Gasteiger partial charge in [-0.05, 0) is 37.4 Å². The third-order valence-electron chi connectivity index (χ3n) is 5.11. The summed E-state index contributed by atoms with van der Waals surface area (Å²) in [6.45, 7) is 3.97. The minimum absolute atomic E-state index is 0.253. The zero-order chi connectivity index (χ0) is 20.9. The zero-order valence-electron chi connectivity index (χ0n) is 16.6. The Labute approximate surface area is 175 Å². The topological polar surface area (TPSA) is 91.2 Å². The highest BCUT2D eigenvalue weighted by atomic mass is 32.1. The second kappa shape index (κ2) is 6.81. The fourth-order valence-corrected chi connectivity index (χ4v) is 4.25. The quantitative estimate of drug-likeness (QED) is 0.412. The predicted molar refractivity (Wildman–Crippen MR) is 113 cm³/mol. The highest BCUT2D eigenvalue weighted by molar-refractivity contribution is 7.08. The molecule has 0 bridgehead atoms. The van der Waals surface area contributed by atoms with E-state index in [9.17, 15) is 4.79 Å². The van der Waals surface area contributed by atoms with Gasteiger partial charge >= 0.3 is 5.97 Å². The van der Waals surface area contributed by atoms with Crippen molar-refractivity contribution in [3.63, 3.8) is 0 Å². The van der Waals surface area contributed by atoms with Crippen LogP contribution >= 0.6 is 11.3 Å². The molecule has 0 saturated carbocycles. The van der Waals surface area contributed by atoms with Crippen LogP contribution in [0.25, 0.3) is 27.8 Å². The van der Waals surface area contributed by atoms with E-state index >= 15 is 0 Å². The summed E-state index contributed by atoms with van der Waals surface area (Å²) >= 11 is 1.52. The van der Waals surface area contributed by atoms with Gasteiger partial charge in [-0.1, -0.05) is 0 Å². The molecule has 3 aromatic heterocycles. The first kappa shape index (κ1) is 18.6.